The van der Waals surface area contributed by atoms with Gasteiger partial charge in [-0.3, -0.25) is 13.9 Å². The van der Waals surface area contributed by atoms with E-state index >= 15 is 0 Å². The van der Waals surface area contributed by atoms with Crippen molar-refractivity contribution in [3.05, 3.63) is 98.6 Å². The molecule has 1 aromatic carbocycles. The zero-order valence-corrected chi connectivity index (χ0v) is 24.4. The number of hydrogen-bond acceptors (Lipinski definition) is 3. The van der Waals surface area contributed by atoms with Gasteiger partial charge >= 0.3 is 0 Å². The minimum atomic E-state index is -0.281. The molecule has 2 aromatic rings. The number of aromatic hydroxyl groups is 1. The molecule has 0 aliphatic carbocycles. The minimum absolute atomic E-state index is 0.000826. The van der Waals surface area contributed by atoms with E-state index in [0.717, 1.165) is 18.4 Å². The lowest BCUT2D eigenvalue weighted by Gasteiger charge is -2.26. The van der Waals surface area contributed by atoms with Crippen LogP contribution in [0.1, 0.15) is 71.1 Å². The molecule has 0 saturated carbocycles. The van der Waals surface area contributed by atoms with Gasteiger partial charge in [0.25, 0.3) is 5.56 Å². The van der Waals surface area contributed by atoms with Gasteiger partial charge in [-0.05, 0) is 67.1 Å². The number of allylic oxidation sites excluding steroid dienone is 6. The Morgan fingerprint density at radius 1 is 1.14 bits per heavy atom. The Labute approximate surface area is 229 Å². The van der Waals surface area contributed by atoms with Gasteiger partial charge in [0.05, 0.1) is 0 Å². The van der Waals surface area contributed by atoms with Gasteiger partial charge in [-0.1, -0.05) is 95.8 Å². The second-order valence-corrected chi connectivity index (χ2v) is 9.12. The van der Waals surface area contributed by atoms with E-state index in [2.05, 4.69) is 70.5 Å². The molecule has 4 nitrogen and oxygen atoms in total. The van der Waals surface area contributed by atoms with Crippen molar-refractivity contribution >= 4 is 18.3 Å². The molecule has 0 fully saturated rings. The number of terminal acetylenes is 1. The van der Waals surface area contributed by atoms with E-state index < -0.39 is 0 Å². The fourth-order valence-corrected chi connectivity index (χ4v) is 4.30. The number of rotatable bonds is 10. The van der Waals surface area contributed by atoms with Crippen molar-refractivity contribution in [2.75, 3.05) is 0 Å². The summed E-state index contributed by atoms with van der Waals surface area (Å²) in [7, 11) is 0. The van der Waals surface area contributed by atoms with E-state index in [9.17, 15) is 9.90 Å². The Morgan fingerprint density at radius 2 is 1.76 bits per heavy atom. The molecule has 0 radical (unpaired) electrons. The average molecular weight is 521 g/mol. The van der Waals surface area contributed by atoms with Crippen LogP contribution in [-0.2, 0) is 18.5 Å². The highest BCUT2D eigenvalue weighted by atomic mass is 32.1. The Kier molecular flexibility index (Phi) is 15.6. The molecule has 2 rings (SSSR count). The highest BCUT2D eigenvalue weighted by Gasteiger charge is 2.20. The molecule has 0 amide bonds. The Balaban J connectivity index is 0.00000308. The molecule has 5 heteroatoms. The molecule has 1 heterocycles. The van der Waals surface area contributed by atoms with Crippen LogP contribution in [0.2, 0.25) is 0 Å². The number of aryl methyl sites for hydroxylation is 1. The first-order valence-electron chi connectivity index (χ1n) is 12.8. The van der Waals surface area contributed by atoms with Gasteiger partial charge in [-0.2, -0.15) is 0 Å². The predicted molar refractivity (Wildman–Crippen MR) is 164 cm³/mol. The van der Waals surface area contributed by atoms with Crippen molar-refractivity contribution < 1.29 is 5.11 Å². The molecule has 0 atom stereocenters. The first kappa shape index (κ1) is 33.6. The molecule has 200 valence electrons. The molecule has 0 unspecified atom stereocenters. The summed E-state index contributed by atoms with van der Waals surface area (Å²) in [4.78, 5) is 12.8. The van der Waals surface area contributed by atoms with Gasteiger partial charge in [-0.15, -0.1) is 12.8 Å². The quantitative estimate of drug-likeness (QED) is 0.195. The van der Waals surface area contributed by atoms with Crippen LogP contribution >= 0.6 is 12.2 Å². The first-order valence-corrected chi connectivity index (χ1v) is 13.2. The molecule has 0 spiro atoms. The van der Waals surface area contributed by atoms with Gasteiger partial charge in [-0.25, -0.2) is 0 Å². The van der Waals surface area contributed by atoms with Gasteiger partial charge in [0, 0.05) is 13.1 Å². The van der Waals surface area contributed by atoms with Crippen molar-refractivity contribution in [2.45, 2.75) is 79.8 Å². The van der Waals surface area contributed by atoms with E-state index in [1.165, 1.54) is 15.7 Å². The minimum Gasteiger partial charge on any atom is -0.494 e. The van der Waals surface area contributed by atoms with Gasteiger partial charge < -0.3 is 5.11 Å². The van der Waals surface area contributed by atoms with Crippen molar-refractivity contribution in [1.82, 2.24) is 9.13 Å². The third-order valence-electron chi connectivity index (χ3n) is 5.82. The lowest BCUT2D eigenvalue weighted by atomic mass is 9.79. The summed E-state index contributed by atoms with van der Waals surface area (Å²) in [6, 6.07) is 8.47. The predicted octanol–water partition coefficient (Wildman–Crippen LogP) is 8.15. The number of nitrogens with zero attached hydrogens (tertiary/aromatic N) is 2. The van der Waals surface area contributed by atoms with Crippen LogP contribution in [0.15, 0.2) is 71.6 Å². The van der Waals surface area contributed by atoms with Crippen LogP contribution in [-0.4, -0.2) is 14.2 Å². The second kappa shape index (κ2) is 17.2. The summed E-state index contributed by atoms with van der Waals surface area (Å²) in [5.74, 6) is -0.0827. The summed E-state index contributed by atoms with van der Waals surface area (Å²) < 4.78 is 3.48. The Bertz CT molecular complexity index is 1240. The molecular formula is C32H44N2O2S. The lowest BCUT2D eigenvalue weighted by Crippen LogP contribution is -2.26. The van der Waals surface area contributed by atoms with E-state index in [1.807, 2.05) is 45.9 Å². The summed E-state index contributed by atoms with van der Waals surface area (Å²) in [6.07, 6.45) is 20.9. The summed E-state index contributed by atoms with van der Waals surface area (Å²) in [6.45, 7) is 19.4. The maximum absolute atomic E-state index is 12.8. The average Bonchev–Trinajstić information content (AvgIpc) is 2.90. The fraction of sp³-hybridized carbons (Fsp3) is 0.375. The van der Waals surface area contributed by atoms with Crippen LogP contribution in [0.4, 0.5) is 0 Å². The first-order chi connectivity index (χ1) is 17.7. The van der Waals surface area contributed by atoms with Crippen molar-refractivity contribution in [1.29, 1.82) is 0 Å². The van der Waals surface area contributed by atoms with E-state index in [-0.39, 0.29) is 22.4 Å². The van der Waals surface area contributed by atoms with Crippen molar-refractivity contribution in [2.24, 2.45) is 0 Å². The molecule has 0 aliphatic heterocycles. The number of aromatic nitrogens is 2. The number of benzene rings is 1. The summed E-state index contributed by atoms with van der Waals surface area (Å²) in [5.41, 5.74) is 3.58. The monoisotopic (exact) mass is 520 g/mol. The molecular weight excluding hydrogens is 476 g/mol. The highest BCUT2D eigenvalue weighted by molar-refractivity contribution is 7.71. The van der Waals surface area contributed by atoms with Crippen molar-refractivity contribution in [3.63, 3.8) is 0 Å². The van der Waals surface area contributed by atoms with Crippen LogP contribution < -0.4 is 5.56 Å². The number of hydrogen-bond donors (Lipinski definition) is 1. The molecule has 0 saturated heterocycles. The third-order valence-corrected chi connectivity index (χ3v) is 6.26. The maximum Gasteiger partial charge on any atom is 0.265 e. The van der Waals surface area contributed by atoms with Crippen LogP contribution in [0.25, 0.3) is 6.08 Å². The zero-order valence-electron chi connectivity index (χ0n) is 23.6. The lowest BCUT2D eigenvalue weighted by molar-refractivity contribution is 0.392. The molecule has 1 aromatic heterocycles. The van der Waals surface area contributed by atoms with Crippen LogP contribution in [0, 0.1) is 24.5 Å². The van der Waals surface area contributed by atoms with Gasteiger partial charge in [0.15, 0.2) is 4.77 Å². The molecule has 0 bridgehead atoms. The topological polar surface area (TPSA) is 47.2 Å². The van der Waals surface area contributed by atoms with Gasteiger partial charge in [0.2, 0.25) is 5.88 Å². The van der Waals surface area contributed by atoms with E-state index in [0.29, 0.717) is 17.9 Å². The standard InChI is InChI=1S/C28H36N2O2S.C2H6.C2H2/c1-7-20-30-26(32)23(25(31)29(9-3)27(30)33)16-12-11-15-22(8-2)18-19-28(5,6)24-17-13-10-14-21(24)4;2*1-2/h8,10-18,32H,2,7,9,19-20H2,1,3-6H3;1-2H3;1-2H/b15-11+,16-12+,22-18+;;. The third kappa shape index (κ3) is 9.22. The van der Waals surface area contributed by atoms with Crippen LogP contribution in [0.5, 0.6) is 5.88 Å². The largest absolute Gasteiger partial charge is 0.494 e. The van der Waals surface area contributed by atoms with Crippen molar-refractivity contribution in [3.8, 4) is 18.7 Å². The normalized spacial score (nSPS) is 11.5. The maximum atomic E-state index is 12.8. The van der Waals surface area contributed by atoms with E-state index in [4.69, 9.17) is 12.2 Å². The molecule has 1 N–H and O–H groups in total. The van der Waals surface area contributed by atoms with Crippen LogP contribution in [0.3, 0.4) is 0 Å². The highest BCUT2D eigenvalue weighted by Crippen LogP contribution is 2.30. The fourth-order valence-electron chi connectivity index (χ4n) is 3.91. The second-order valence-electron chi connectivity index (χ2n) is 8.75. The summed E-state index contributed by atoms with van der Waals surface area (Å²) in [5, 5.41) is 10.6. The van der Waals surface area contributed by atoms with Gasteiger partial charge in [0.1, 0.15) is 5.56 Å². The zero-order chi connectivity index (χ0) is 28.6. The SMILES string of the molecule is C#C.C=CC(/C=C/C=C/c1c(O)n(CCC)c(=S)n(CC)c1=O)=C\CC(C)(C)c1ccccc1C.CC. The summed E-state index contributed by atoms with van der Waals surface area (Å²) >= 11 is 5.39. The Morgan fingerprint density at radius 3 is 2.30 bits per heavy atom. The molecule has 37 heavy (non-hydrogen) atoms. The molecule has 0 aliphatic rings. The van der Waals surface area contributed by atoms with E-state index in [1.54, 1.807) is 16.7 Å². The Hall–Kier alpha value is -3.36. The smallest absolute Gasteiger partial charge is 0.265 e.